The Hall–Kier alpha value is -1.69. The highest BCUT2D eigenvalue weighted by atomic mass is 32.2. The summed E-state index contributed by atoms with van der Waals surface area (Å²) in [6, 6.07) is 5.66. The van der Waals surface area contributed by atoms with Crippen LogP contribution in [0.5, 0.6) is 0 Å². The average Bonchev–Trinajstić information content (AvgIpc) is 2.47. The standard InChI is InChI=1S/C18H28N2O3S/c1-6-13(3)24-14-7-8-15(12(2)11-14)19-17(23)20-18(4,5)10-9-16(21)22/h7-8,11,13H,6,9-10H2,1-5H3,(H,21,22)(H2,19,20,23). The molecule has 0 aliphatic carbocycles. The smallest absolute Gasteiger partial charge is 0.319 e. The molecule has 1 atom stereocenters. The topological polar surface area (TPSA) is 78.4 Å². The fraction of sp³-hybridized carbons (Fsp3) is 0.556. The third-order valence-corrected chi connectivity index (χ3v) is 5.04. The van der Waals surface area contributed by atoms with Gasteiger partial charge in [-0.05, 0) is 57.4 Å². The molecule has 0 aromatic heterocycles. The number of rotatable bonds is 8. The molecule has 0 bridgehead atoms. The Balaban J connectivity index is 2.65. The molecule has 2 amide bonds. The molecule has 0 heterocycles. The van der Waals surface area contributed by atoms with Crippen LogP contribution in [0.3, 0.4) is 0 Å². The van der Waals surface area contributed by atoms with Crippen molar-refractivity contribution in [3.8, 4) is 0 Å². The van der Waals surface area contributed by atoms with E-state index in [9.17, 15) is 9.59 Å². The molecular formula is C18H28N2O3S. The number of amides is 2. The van der Waals surface area contributed by atoms with Crippen molar-refractivity contribution >= 4 is 29.4 Å². The number of carbonyl (C=O) groups excluding carboxylic acids is 1. The van der Waals surface area contributed by atoms with Gasteiger partial charge in [-0.25, -0.2) is 4.79 Å². The van der Waals surface area contributed by atoms with Crippen LogP contribution in [0.4, 0.5) is 10.5 Å². The van der Waals surface area contributed by atoms with E-state index in [0.717, 1.165) is 17.7 Å². The van der Waals surface area contributed by atoms with Crippen LogP contribution in [0.15, 0.2) is 23.1 Å². The van der Waals surface area contributed by atoms with Crippen LogP contribution in [0.2, 0.25) is 0 Å². The van der Waals surface area contributed by atoms with Crippen LogP contribution in [0.25, 0.3) is 0 Å². The number of carbonyl (C=O) groups is 2. The molecule has 0 radical (unpaired) electrons. The van der Waals surface area contributed by atoms with E-state index < -0.39 is 11.5 Å². The molecule has 0 aliphatic heterocycles. The number of hydrogen-bond donors (Lipinski definition) is 3. The van der Waals surface area contributed by atoms with Crippen LogP contribution in [0, 0.1) is 6.92 Å². The summed E-state index contributed by atoms with van der Waals surface area (Å²) in [7, 11) is 0. The van der Waals surface area contributed by atoms with E-state index in [0.29, 0.717) is 11.7 Å². The second-order valence-corrected chi connectivity index (χ2v) is 8.18. The monoisotopic (exact) mass is 352 g/mol. The van der Waals surface area contributed by atoms with Gasteiger partial charge in [-0.2, -0.15) is 0 Å². The van der Waals surface area contributed by atoms with Gasteiger partial charge in [-0.1, -0.05) is 13.8 Å². The fourth-order valence-electron chi connectivity index (χ4n) is 2.11. The number of anilines is 1. The van der Waals surface area contributed by atoms with E-state index in [4.69, 9.17) is 5.11 Å². The van der Waals surface area contributed by atoms with Crippen molar-refractivity contribution < 1.29 is 14.7 Å². The zero-order chi connectivity index (χ0) is 18.3. The van der Waals surface area contributed by atoms with Gasteiger partial charge in [0.1, 0.15) is 0 Å². The SMILES string of the molecule is CCC(C)Sc1ccc(NC(=O)NC(C)(C)CCC(=O)O)c(C)c1. The quantitative estimate of drug-likeness (QED) is 0.595. The molecule has 5 nitrogen and oxygen atoms in total. The summed E-state index contributed by atoms with van der Waals surface area (Å²) >= 11 is 1.82. The molecule has 134 valence electrons. The maximum atomic E-state index is 12.2. The van der Waals surface area contributed by atoms with Crippen LogP contribution in [0.1, 0.15) is 52.5 Å². The van der Waals surface area contributed by atoms with Crippen LogP contribution < -0.4 is 10.6 Å². The molecule has 0 spiro atoms. The third-order valence-electron chi connectivity index (χ3n) is 3.77. The summed E-state index contributed by atoms with van der Waals surface area (Å²) in [5, 5.41) is 15.0. The maximum Gasteiger partial charge on any atom is 0.319 e. The van der Waals surface area contributed by atoms with Crippen molar-refractivity contribution in [2.45, 2.75) is 69.6 Å². The summed E-state index contributed by atoms with van der Waals surface area (Å²) in [5.41, 5.74) is 1.18. The Kier molecular flexibility index (Phi) is 7.60. The van der Waals surface area contributed by atoms with Crippen molar-refractivity contribution in [3.05, 3.63) is 23.8 Å². The fourth-order valence-corrected chi connectivity index (χ4v) is 3.13. The van der Waals surface area contributed by atoms with Gasteiger partial charge < -0.3 is 15.7 Å². The van der Waals surface area contributed by atoms with Crippen LogP contribution >= 0.6 is 11.8 Å². The van der Waals surface area contributed by atoms with Gasteiger partial charge in [0.05, 0.1) is 0 Å². The van der Waals surface area contributed by atoms with E-state index in [1.807, 2.05) is 44.7 Å². The first-order valence-corrected chi connectivity index (χ1v) is 9.09. The van der Waals surface area contributed by atoms with Crippen LogP contribution in [-0.2, 0) is 4.79 Å². The number of aliphatic carboxylic acids is 1. The molecule has 0 saturated heterocycles. The molecule has 1 rings (SSSR count). The van der Waals surface area contributed by atoms with Gasteiger partial charge in [0.15, 0.2) is 0 Å². The normalized spacial score (nSPS) is 12.5. The summed E-state index contributed by atoms with van der Waals surface area (Å²) in [6.07, 6.45) is 1.50. The molecule has 6 heteroatoms. The second-order valence-electron chi connectivity index (χ2n) is 6.67. The van der Waals surface area contributed by atoms with E-state index in [2.05, 4.69) is 30.5 Å². The predicted octanol–water partition coefficient (Wildman–Crippen LogP) is 4.65. The second kappa shape index (κ2) is 8.97. The van der Waals surface area contributed by atoms with Crippen molar-refractivity contribution in [2.75, 3.05) is 5.32 Å². The molecule has 0 aliphatic rings. The Bertz CT molecular complexity index is 588. The molecule has 24 heavy (non-hydrogen) atoms. The van der Waals surface area contributed by atoms with Crippen molar-refractivity contribution in [1.29, 1.82) is 0 Å². The number of urea groups is 1. The van der Waals surface area contributed by atoms with Gasteiger partial charge in [0.2, 0.25) is 0 Å². The van der Waals surface area contributed by atoms with E-state index in [1.54, 1.807) is 0 Å². The molecule has 1 unspecified atom stereocenters. The van der Waals surface area contributed by atoms with Gasteiger partial charge in [0, 0.05) is 27.8 Å². The van der Waals surface area contributed by atoms with Crippen LogP contribution in [-0.4, -0.2) is 27.9 Å². The average molecular weight is 353 g/mol. The minimum Gasteiger partial charge on any atom is -0.481 e. The van der Waals surface area contributed by atoms with E-state index >= 15 is 0 Å². The summed E-state index contributed by atoms with van der Waals surface area (Å²) in [5.74, 6) is -0.865. The molecule has 0 fully saturated rings. The Morgan fingerprint density at radius 3 is 2.54 bits per heavy atom. The Morgan fingerprint density at radius 2 is 2.00 bits per heavy atom. The lowest BCUT2D eigenvalue weighted by Crippen LogP contribution is -2.45. The van der Waals surface area contributed by atoms with Crippen molar-refractivity contribution in [1.82, 2.24) is 5.32 Å². The number of nitrogens with one attached hydrogen (secondary N) is 2. The van der Waals surface area contributed by atoms with Gasteiger partial charge >= 0.3 is 12.0 Å². The zero-order valence-electron chi connectivity index (χ0n) is 15.1. The lowest BCUT2D eigenvalue weighted by molar-refractivity contribution is -0.137. The zero-order valence-corrected chi connectivity index (χ0v) is 15.9. The third kappa shape index (κ3) is 7.25. The first-order valence-electron chi connectivity index (χ1n) is 8.21. The number of carboxylic acid groups (broad SMARTS) is 1. The molecule has 1 aromatic carbocycles. The largest absolute Gasteiger partial charge is 0.481 e. The summed E-state index contributed by atoms with van der Waals surface area (Å²) in [4.78, 5) is 24.0. The minimum atomic E-state index is -0.865. The Morgan fingerprint density at radius 1 is 1.33 bits per heavy atom. The first-order chi connectivity index (χ1) is 11.1. The number of carboxylic acids is 1. The summed E-state index contributed by atoms with van der Waals surface area (Å²) in [6.45, 7) is 9.95. The van der Waals surface area contributed by atoms with Gasteiger partial charge in [-0.3, -0.25) is 4.79 Å². The van der Waals surface area contributed by atoms with Gasteiger partial charge in [-0.15, -0.1) is 11.8 Å². The van der Waals surface area contributed by atoms with Crippen molar-refractivity contribution in [3.63, 3.8) is 0 Å². The number of hydrogen-bond acceptors (Lipinski definition) is 3. The molecule has 0 saturated carbocycles. The van der Waals surface area contributed by atoms with E-state index in [1.165, 1.54) is 4.90 Å². The Labute approximate surface area is 148 Å². The first kappa shape index (κ1) is 20.4. The highest BCUT2D eigenvalue weighted by molar-refractivity contribution is 7.99. The number of aryl methyl sites for hydroxylation is 1. The number of benzene rings is 1. The maximum absolute atomic E-state index is 12.2. The molecule has 3 N–H and O–H groups in total. The summed E-state index contributed by atoms with van der Waals surface area (Å²) < 4.78 is 0. The highest BCUT2D eigenvalue weighted by Crippen LogP contribution is 2.28. The van der Waals surface area contributed by atoms with Crippen molar-refractivity contribution in [2.24, 2.45) is 0 Å². The molecule has 1 aromatic rings. The molecular weight excluding hydrogens is 324 g/mol. The lowest BCUT2D eigenvalue weighted by Gasteiger charge is -2.26. The lowest BCUT2D eigenvalue weighted by atomic mass is 9.99. The minimum absolute atomic E-state index is 0.0217. The predicted molar refractivity (Wildman–Crippen MR) is 99.9 cm³/mol. The number of thioether (sulfide) groups is 1. The van der Waals surface area contributed by atoms with Gasteiger partial charge in [0.25, 0.3) is 0 Å². The van der Waals surface area contributed by atoms with E-state index in [-0.39, 0.29) is 12.5 Å². The highest BCUT2D eigenvalue weighted by Gasteiger charge is 2.21.